The second-order valence-electron chi connectivity index (χ2n) is 12.1. The van der Waals surface area contributed by atoms with Gasteiger partial charge in [-0.25, -0.2) is 8.42 Å². The summed E-state index contributed by atoms with van der Waals surface area (Å²) in [5.41, 5.74) is 0. The van der Waals surface area contributed by atoms with E-state index in [2.05, 4.69) is 109 Å². The summed E-state index contributed by atoms with van der Waals surface area (Å²) < 4.78 is 53.9. The third-order valence-electron chi connectivity index (χ3n) is 7.94. The molecule has 0 saturated heterocycles. The van der Waals surface area contributed by atoms with Gasteiger partial charge in [0.2, 0.25) is 9.84 Å². The first-order valence-corrected chi connectivity index (χ1v) is 24.3. The van der Waals surface area contributed by atoms with Crippen molar-refractivity contribution in [3.63, 3.8) is 0 Å². The van der Waals surface area contributed by atoms with E-state index in [0.29, 0.717) is 66.5 Å². The minimum absolute atomic E-state index is 0.122. The molecule has 280 valence electrons. The van der Waals surface area contributed by atoms with Crippen molar-refractivity contribution in [2.24, 2.45) is 0 Å². The van der Waals surface area contributed by atoms with Gasteiger partial charge in [-0.2, -0.15) is 0 Å². The highest BCUT2D eigenvalue weighted by molar-refractivity contribution is 9.11. The number of unbranched alkanes of at least 4 members (excludes halogenated alkanes) is 12. The van der Waals surface area contributed by atoms with Gasteiger partial charge in [-0.15, -0.1) is 0 Å². The van der Waals surface area contributed by atoms with Crippen molar-refractivity contribution in [2.75, 3.05) is 37.1 Å². The van der Waals surface area contributed by atoms with E-state index in [4.69, 9.17) is 18.9 Å². The van der Waals surface area contributed by atoms with Crippen LogP contribution in [0.3, 0.4) is 0 Å². The monoisotopic (exact) mass is 1090 g/mol. The number of hydrogen-bond donors (Lipinski definition) is 0. The van der Waals surface area contributed by atoms with E-state index in [1.54, 1.807) is 24.3 Å². The summed E-state index contributed by atoms with van der Waals surface area (Å²) in [6.45, 7) is 6.49. The van der Waals surface area contributed by atoms with Gasteiger partial charge in [0.15, 0.2) is 0 Å². The fourth-order valence-electron chi connectivity index (χ4n) is 5.04. The van der Waals surface area contributed by atoms with Crippen molar-refractivity contribution >= 4 is 105 Å². The van der Waals surface area contributed by atoms with Crippen LogP contribution in [0.25, 0.3) is 0 Å². The molecule has 49 heavy (non-hydrogen) atoms. The Morgan fingerprint density at radius 2 is 0.837 bits per heavy atom. The maximum absolute atomic E-state index is 13.8. The van der Waals surface area contributed by atoms with Crippen LogP contribution in [0.1, 0.15) is 104 Å². The summed E-state index contributed by atoms with van der Waals surface area (Å²) in [5.74, 6) is 1.04. The van der Waals surface area contributed by atoms with Crippen LogP contribution in [-0.4, -0.2) is 57.7 Å². The first-order chi connectivity index (χ1) is 23.6. The Kier molecular flexibility index (Phi) is 24.9. The Labute approximate surface area is 346 Å². The minimum atomic E-state index is -3.88. The number of rotatable bonds is 28. The minimum Gasteiger partial charge on any atom is -0.488 e. The molecule has 0 aliphatic heterocycles. The van der Waals surface area contributed by atoms with Crippen LogP contribution in [0.4, 0.5) is 0 Å². The first-order valence-electron chi connectivity index (χ1n) is 17.4. The first kappa shape index (κ1) is 45.9. The molecule has 0 heterocycles. The molecule has 0 fully saturated rings. The van der Waals surface area contributed by atoms with E-state index in [9.17, 15) is 8.42 Å². The molecule has 0 saturated carbocycles. The lowest BCUT2D eigenvalue weighted by molar-refractivity contribution is 0.0335. The van der Waals surface area contributed by atoms with E-state index < -0.39 is 9.84 Å². The number of ether oxygens (including phenoxy) is 4. The van der Waals surface area contributed by atoms with E-state index >= 15 is 0 Å². The molecule has 2 rings (SSSR count). The lowest BCUT2D eigenvalue weighted by Gasteiger charge is -2.19. The van der Waals surface area contributed by atoms with Gasteiger partial charge >= 0.3 is 0 Å². The fraction of sp³-hybridized carbons (Fsp3) is 0.667. The van der Waals surface area contributed by atoms with Crippen molar-refractivity contribution < 1.29 is 27.4 Å². The Balaban J connectivity index is 1.96. The van der Waals surface area contributed by atoms with Crippen molar-refractivity contribution in [1.29, 1.82) is 0 Å². The van der Waals surface area contributed by atoms with Gasteiger partial charge in [0, 0.05) is 23.9 Å². The Bertz CT molecular complexity index is 1190. The van der Waals surface area contributed by atoms with Crippen LogP contribution in [0.5, 0.6) is 11.5 Å². The average molecular weight is 1090 g/mol. The average Bonchev–Trinajstić information content (AvgIpc) is 3.07. The molecule has 0 radical (unpaired) electrons. The molecule has 13 heteroatoms. The summed E-state index contributed by atoms with van der Waals surface area (Å²) in [6.07, 6.45) is 17.0. The molecule has 0 bridgehead atoms. The zero-order valence-electron chi connectivity index (χ0n) is 28.7. The second-order valence-corrected chi connectivity index (χ2v) is 18.8. The highest BCUT2D eigenvalue weighted by Crippen LogP contribution is 2.41. The Hall–Kier alpha value is 0.790. The number of hydrogen-bond acceptors (Lipinski definition) is 6. The lowest BCUT2D eigenvalue weighted by Crippen LogP contribution is -2.24. The molecule has 0 N–H and O–H groups in total. The zero-order valence-corrected chi connectivity index (χ0v) is 39.1. The SMILES string of the molecule is CCCCCCCCCOC(CBr)COc1c(Br)cc(S(=O)(=O)c2cc(Br)c(OCC(CBr)OCCCCCCCCC)c(Br)c2)cc1Br. The third-order valence-corrected chi connectivity index (χ3v) is 13.5. The van der Waals surface area contributed by atoms with Crippen LogP contribution < -0.4 is 9.47 Å². The number of benzene rings is 2. The third kappa shape index (κ3) is 17.2. The van der Waals surface area contributed by atoms with E-state index in [0.717, 1.165) is 12.8 Å². The lowest BCUT2D eigenvalue weighted by atomic mass is 10.1. The van der Waals surface area contributed by atoms with Gasteiger partial charge in [0.1, 0.15) is 36.9 Å². The van der Waals surface area contributed by atoms with E-state index in [-0.39, 0.29) is 22.0 Å². The molecule has 0 aliphatic rings. The molecule has 2 atom stereocenters. The van der Waals surface area contributed by atoms with Crippen LogP contribution in [0, 0.1) is 0 Å². The molecule has 0 aromatic heterocycles. The van der Waals surface area contributed by atoms with Crippen LogP contribution in [-0.2, 0) is 19.3 Å². The highest BCUT2D eigenvalue weighted by Gasteiger charge is 2.25. The maximum Gasteiger partial charge on any atom is 0.206 e. The van der Waals surface area contributed by atoms with Gasteiger partial charge in [-0.1, -0.05) is 123 Å². The van der Waals surface area contributed by atoms with E-state index in [1.807, 2.05) is 0 Å². The molecule has 0 amide bonds. The molecule has 6 nitrogen and oxygen atoms in total. The van der Waals surface area contributed by atoms with Crippen LogP contribution in [0.15, 0.2) is 51.9 Å². The molecule has 0 spiro atoms. The summed E-state index contributed by atoms with van der Waals surface area (Å²) in [4.78, 5) is 0.243. The fourth-order valence-corrected chi connectivity index (χ4v) is 10.6. The molecule has 2 aromatic carbocycles. The van der Waals surface area contributed by atoms with Crippen molar-refractivity contribution in [2.45, 2.75) is 126 Å². The summed E-state index contributed by atoms with van der Waals surface area (Å²) in [7, 11) is -3.88. The second kappa shape index (κ2) is 26.5. The molecule has 0 aliphatic carbocycles. The van der Waals surface area contributed by atoms with Crippen molar-refractivity contribution in [3.8, 4) is 11.5 Å². The normalized spacial score (nSPS) is 13.1. The summed E-state index contributed by atoms with van der Waals surface area (Å²) in [5, 5.41) is 1.27. The predicted molar refractivity (Wildman–Crippen MR) is 223 cm³/mol. The van der Waals surface area contributed by atoms with E-state index in [1.165, 1.54) is 77.0 Å². The topological polar surface area (TPSA) is 71.1 Å². The molecular weight excluding hydrogens is 1040 g/mol. The Morgan fingerprint density at radius 1 is 0.531 bits per heavy atom. The predicted octanol–water partition coefficient (Wildman–Crippen LogP) is 13.4. The quantitative estimate of drug-likeness (QED) is 0.0625. The van der Waals surface area contributed by atoms with Crippen molar-refractivity contribution in [3.05, 3.63) is 42.2 Å². The van der Waals surface area contributed by atoms with Gasteiger partial charge in [0.05, 0.1) is 27.7 Å². The van der Waals surface area contributed by atoms with Gasteiger partial charge in [0.25, 0.3) is 0 Å². The number of alkyl halides is 2. The molecule has 2 unspecified atom stereocenters. The zero-order chi connectivity index (χ0) is 36.1. The summed E-state index contributed by atoms with van der Waals surface area (Å²) in [6, 6.07) is 6.25. The largest absolute Gasteiger partial charge is 0.488 e. The van der Waals surface area contributed by atoms with Crippen molar-refractivity contribution in [1.82, 2.24) is 0 Å². The van der Waals surface area contributed by atoms with Crippen LogP contribution in [0.2, 0.25) is 0 Å². The summed E-state index contributed by atoms with van der Waals surface area (Å²) >= 11 is 21.2. The number of sulfone groups is 1. The molecule has 2 aromatic rings. The standard InChI is InChI=1S/C36H52Br6O6S/c1-3-5-7-9-11-13-15-17-45-27(23-37)25-47-35-31(39)19-29(20-32(35)40)49(43,44)30-21-33(41)36(34(42)22-30)48-26-28(24-38)46-18-16-14-12-10-8-6-4-2/h19-22,27-28H,3-18,23-26H2,1-2H3. The smallest absolute Gasteiger partial charge is 0.206 e. The Morgan fingerprint density at radius 3 is 1.14 bits per heavy atom. The maximum atomic E-state index is 13.8. The molecular formula is C36H52Br6O6S. The van der Waals surface area contributed by atoms with Gasteiger partial charge in [-0.05, 0) is 101 Å². The van der Waals surface area contributed by atoms with Gasteiger partial charge in [-0.3, -0.25) is 0 Å². The highest BCUT2D eigenvalue weighted by atomic mass is 79.9. The van der Waals surface area contributed by atoms with Gasteiger partial charge < -0.3 is 18.9 Å². The van der Waals surface area contributed by atoms with Crippen LogP contribution >= 0.6 is 95.6 Å². The number of halogens is 6.